The largest absolute Gasteiger partial charge is 0.395 e. The van der Waals surface area contributed by atoms with E-state index >= 15 is 4.11 Å². The average Bonchev–Trinajstić information content (AvgIpc) is 3.77. The molecule has 0 bridgehead atoms. The molecule has 0 radical (unpaired) electrons. The van der Waals surface area contributed by atoms with Crippen molar-refractivity contribution in [2.45, 2.75) is 56.1 Å². The number of carbonyl (C=O) groups is 1. The van der Waals surface area contributed by atoms with E-state index in [9.17, 15) is 14.7 Å². The first-order chi connectivity index (χ1) is 21.6. The van der Waals surface area contributed by atoms with E-state index in [-0.39, 0.29) is 24.0 Å². The van der Waals surface area contributed by atoms with Crippen LogP contribution in [0.15, 0.2) is 83.8 Å². The number of hydrogen-bond donors (Lipinski definition) is 3. The first-order valence-corrected chi connectivity index (χ1v) is 18.2. The van der Waals surface area contributed by atoms with Crippen molar-refractivity contribution in [3.63, 3.8) is 0 Å². The van der Waals surface area contributed by atoms with Crippen LogP contribution in [0, 0.1) is 5.92 Å². The first kappa shape index (κ1) is 29.3. The van der Waals surface area contributed by atoms with Crippen LogP contribution in [0.5, 0.6) is 0 Å². The second kappa shape index (κ2) is 10.9. The van der Waals surface area contributed by atoms with Crippen molar-refractivity contribution in [3.05, 3.63) is 106 Å². The zero-order valence-electron chi connectivity index (χ0n) is 25.3. The maximum atomic E-state index is 16.1. The number of ether oxygens (including phenoxy) is 1. The van der Waals surface area contributed by atoms with Crippen LogP contribution in [0.2, 0.25) is 18.6 Å². The molecule has 45 heavy (non-hydrogen) atoms. The molecule has 1 fully saturated rings. The van der Waals surface area contributed by atoms with Crippen molar-refractivity contribution < 1.29 is 18.7 Å². The predicted octanol–water partition coefficient (Wildman–Crippen LogP) is 4.85. The Labute approximate surface area is 260 Å². The van der Waals surface area contributed by atoms with Crippen LogP contribution in [0.25, 0.3) is 16.6 Å². The second-order valence-electron chi connectivity index (χ2n) is 12.6. The van der Waals surface area contributed by atoms with Gasteiger partial charge in [-0.15, -0.1) is 5.10 Å². The van der Waals surface area contributed by atoms with E-state index in [4.69, 9.17) is 4.74 Å². The summed E-state index contributed by atoms with van der Waals surface area (Å²) in [4.78, 5) is 27.0. The minimum atomic E-state index is -3.35. The van der Waals surface area contributed by atoms with Gasteiger partial charge in [-0.25, -0.2) is 4.68 Å². The highest BCUT2D eigenvalue weighted by Gasteiger charge is 2.65. The number of para-hydroxylation sites is 1. The predicted molar refractivity (Wildman–Crippen MR) is 171 cm³/mol. The normalized spacial score (nSPS) is 23.5. The van der Waals surface area contributed by atoms with Gasteiger partial charge in [0.2, 0.25) is 8.41 Å². The van der Waals surface area contributed by atoms with Crippen LogP contribution in [0.3, 0.4) is 0 Å². The zero-order valence-corrected chi connectivity index (χ0v) is 26.3. The van der Waals surface area contributed by atoms with Gasteiger partial charge in [0.25, 0.3) is 11.5 Å². The van der Waals surface area contributed by atoms with E-state index in [1.54, 1.807) is 48.2 Å². The number of rotatable bonds is 8. The van der Waals surface area contributed by atoms with Crippen molar-refractivity contribution in [2.75, 3.05) is 11.9 Å². The van der Waals surface area contributed by atoms with Crippen LogP contribution in [0.4, 0.5) is 9.80 Å². The Hall–Kier alpha value is -4.39. The number of aromatic amines is 1. The fourth-order valence-electron chi connectivity index (χ4n) is 7.40. The van der Waals surface area contributed by atoms with Gasteiger partial charge in [0.1, 0.15) is 0 Å². The van der Waals surface area contributed by atoms with Crippen molar-refractivity contribution in [2.24, 2.45) is 5.92 Å². The van der Waals surface area contributed by atoms with Gasteiger partial charge < -0.3 is 19.3 Å². The third-order valence-electron chi connectivity index (χ3n) is 9.49. The Kier molecular flexibility index (Phi) is 7.10. The van der Waals surface area contributed by atoms with Gasteiger partial charge in [0, 0.05) is 35.5 Å². The van der Waals surface area contributed by atoms with E-state index in [1.807, 2.05) is 55.5 Å². The summed E-state index contributed by atoms with van der Waals surface area (Å²) in [7, 11) is -3.35. The smallest absolute Gasteiger partial charge is 0.279 e. The molecule has 7 rings (SSSR count). The average molecular weight is 627 g/mol. The molecule has 232 valence electrons. The third kappa shape index (κ3) is 4.75. The van der Waals surface area contributed by atoms with Crippen LogP contribution in [-0.4, -0.2) is 56.9 Å². The standard InChI is InChI=1S/C33H35FN6O4Si/c1-20-30(45(2,3)34)29(15-16-39-18-28(36-38-39)24(19-41)21-9-5-4-6-10-21)44-33(20)25-17-22(13-14-27(25)35-32(33)43)40-31(42)23-11-7-8-12-26(23)37-40/h4-14,17-18,20,24,29-30,37,41H,15-16,19H2,1-3H3,(H,35,43)/t20-,24?,29+,30-,33+/m1/s1. The number of fused-ring (bicyclic) bond motifs is 3. The van der Waals surface area contributed by atoms with Crippen LogP contribution in [0.1, 0.15) is 36.1 Å². The van der Waals surface area contributed by atoms with E-state index in [0.29, 0.717) is 46.5 Å². The summed E-state index contributed by atoms with van der Waals surface area (Å²) in [5.41, 5.74) is 1.95. The number of benzene rings is 3. The van der Waals surface area contributed by atoms with Gasteiger partial charge in [-0.05, 0) is 55.4 Å². The van der Waals surface area contributed by atoms with Crippen molar-refractivity contribution in [1.29, 1.82) is 0 Å². The number of anilines is 1. The van der Waals surface area contributed by atoms with E-state index in [1.165, 1.54) is 4.68 Å². The number of H-pyrrole nitrogens is 1. The summed E-state index contributed by atoms with van der Waals surface area (Å²) in [6, 6.07) is 22.2. The molecule has 1 unspecified atom stereocenters. The quantitative estimate of drug-likeness (QED) is 0.167. The highest BCUT2D eigenvalue weighted by molar-refractivity contribution is 6.72. The summed E-state index contributed by atoms with van der Waals surface area (Å²) < 4.78 is 26.0. The number of aliphatic hydroxyl groups is 1. The summed E-state index contributed by atoms with van der Waals surface area (Å²) in [5, 5.41) is 25.4. The molecule has 1 amide bonds. The van der Waals surface area contributed by atoms with Gasteiger partial charge in [-0.3, -0.25) is 19.4 Å². The van der Waals surface area contributed by atoms with Gasteiger partial charge >= 0.3 is 0 Å². The maximum absolute atomic E-state index is 16.1. The third-order valence-corrected chi connectivity index (χ3v) is 11.9. The molecule has 0 aliphatic carbocycles. The molecule has 3 aromatic carbocycles. The van der Waals surface area contributed by atoms with E-state index in [2.05, 4.69) is 20.7 Å². The van der Waals surface area contributed by atoms with Crippen molar-refractivity contribution in [3.8, 4) is 5.69 Å². The summed E-state index contributed by atoms with van der Waals surface area (Å²) in [6.07, 6.45) is 1.66. The van der Waals surface area contributed by atoms with E-state index < -0.39 is 31.6 Å². The number of nitrogens with one attached hydrogen (secondary N) is 2. The number of nitrogens with zero attached hydrogens (tertiary/aromatic N) is 4. The molecule has 4 heterocycles. The van der Waals surface area contributed by atoms with Gasteiger partial charge in [-0.1, -0.05) is 54.6 Å². The summed E-state index contributed by atoms with van der Waals surface area (Å²) >= 11 is 0. The fraction of sp³-hybridized carbons (Fsp3) is 0.333. The van der Waals surface area contributed by atoms with Gasteiger partial charge in [0.15, 0.2) is 5.60 Å². The molecule has 1 spiro atoms. The molecule has 3 N–H and O–H groups in total. The highest BCUT2D eigenvalue weighted by atomic mass is 28.4. The number of aliphatic hydroxyl groups excluding tert-OH is 1. The molecule has 1 saturated heterocycles. The van der Waals surface area contributed by atoms with Gasteiger partial charge in [-0.2, -0.15) is 0 Å². The SMILES string of the molecule is C[C@@H]1[C@@H]([Si](C)(C)F)[C@H](CCn2cc(C(CO)c3ccccc3)nn2)O[C@@]12C(=O)Nc1ccc(-n3[nH]c4ccccc4c3=O)cc12. The Morgan fingerprint density at radius 1 is 1.09 bits per heavy atom. The molecule has 2 aliphatic heterocycles. The molecule has 2 aliphatic rings. The molecule has 5 atom stereocenters. The maximum Gasteiger partial charge on any atom is 0.279 e. The molecular weight excluding hydrogens is 591 g/mol. The van der Waals surface area contributed by atoms with Crippen LogP contribution >= 0.6 is 0 Å². The zero-order chi connectivity index (χ0) is 31.5. The minimum Gasteiger partial charge on any atom is -0.395 e. The topological polar surface area (TPSA) is 127 Å². The number of aromatic nitrogens is 5. The highest BCUT2D eigenvalue weighted by Crippen LogP contribution is 2.59. The number of amides is 1. The van der Waals surface area contributed by atoms with Gasteiger partial charge in [0.05, 0.1) is 40.9 Å². The number of halogens is 1. The van der Waals surface area contributed by atoms with E-state index in [0.717, 1.165) is 5.56 Å². The minimum absolute atomic E-state index is 0.112. The lowest BCUT2D eigenvalue weighted by Crippen LogP contribution is -2.42. The Balaban J connectivity index is 1.20. The summed E-state index contributed by atoms with van der Waals surface area (Å²) in [5.74, 6) is -1.10. The lowest BCUT2D eigenvalue weighted by atomic mass is 9.82. The number of aryl methyl sites for hydroxylation is 1. The van der Waals surface area contributed by atoms with Crippen molar-refractivity contribution in [1.82, 2.24) is 24.8 Å². The summed E-state index contributed by atoms with van der Waals surface area (Å²) in [6.45, 7) is 5.51. The molecule has 12 heteroatoms. The molecule has 10 nitrogen and oxygen atoms in total. The lowest BCUT2D eigenvalue weighted by Gasteiger charge is -2.30. The van der Waals surface area contributed by atoms with Crippen LogP contribution in [-0.2, 0) is 21.7 Å². The lowest BCUT2D eigenvalue weighted by molar-refractivity contribution is -0.143. The monoisotopic (exact) mass is 626 g/mol. The number of hydrogen-bond acceptors (Lipinski definition) is 6. The molecule has 0 saturated carbocycles. The van der Waals surface area contributed by atoms with Crippen molar-refractivity contribution >= 4 is 30.9 Å². The Morgan fingerprint density at radius 3 is 2.58 bits per heavy atom. The molecule has 2 aromatic heterocycles. The Morgan fingerprint density at radius 2 is 1.84 bits per heavy atom. The Bertz CT molecular complexity index is 1950. The number of carbonyl (C=O) groups excluding carboxylic acids is 1. The first-order valence-electron chi connectivity index (χ1n) is 15.2. The molecule has 5 aromatic rings. The second-order valence-corrected chi connectivity index (χ2v) is 16.4. The van der Waals surface area contributed by atoms with Crippen LogP contribution < -0.4 is 10.9 Å². The molecular formula is C33H35FN6O4Si. The fourth-order valence-corrected chi connectivity index (χ4v) is 9.94.